The summed E-state index contributed by atoms with van der Waals surface area (Å²) in [6.45, 7) is 3.09. The zero-order valence-corrected chi connectivity index (χ0v) is 8.16. The van der Waals surface area contributed by atoms with Crippen molar-refractivity contribution in [3.63, 3.8) is 0 Å². The largest absolute Gasteiger partial charge is 0.409 e. The Bertz CT molecular complexity index is 178. The minimum Gasteiger partial charge on any atom is -0.409 e. The molecule has 76 valence electrons. The van der Waals surface area contributed by atoms with Crippen LogP contribution in [0.4, 0.5) is 0 Å². The predicted molar refractivity (Wildman–Crippen MR) is 52.8 cm³/mol. The first kappa shape index (κ1) is 10.3. The lowest BCUT2D eigenvalue weighted by Gasteiger charge is -2.12. The third-order valence-corrected chi connectivity index (χ3v) is 2.39. The highest BCUT2D eigenvalue weighted by Crippen LogP contribution is 2.31. The van der Waals surface area contributed by atoms with Gasteiger partial charge in [0, 0.05) is 12.5 Å². The highest BCUT2D eigenvalue weighted by Gasteiger charge is 2.20. The van der Waals surface area contributed by atoms with E-state index in [2.05, 4.69) is 10.5 Å². The molecule has 0 saturated heterocycles. The molecule has 13 heavy (non-hydrogen) atoms. The van der Waals surface area contributed by atoms with Crippen LogP contribution in [-0.4, -0.2) is 23.6 Å². The van der Waals surface area contributed by atoms with Gasteiger partial charge in [0.2, 0.25) is 0 Å². The first-order valence-corrected chi connectivity index (χ1v) is 4.92. The van der Waals surface area contributed by atoms with Crippen molar-refractivity contribution in [2.75, 3.05) is 6.54 Å². The van der Waals surface area contributed by atoms with Gasteiger partial charge in [-0.3, -0.25) is 0 Å². The van der Waals surface area contributed by atoms with E-state index in [1.165, 1.54) is 19.3 Å². The van der Waals surface area contributed by atoms with Crippen LogP contribution in [0, 0.1) is 5.92 Å². The van der Waals surface area contributed by atoms with Crippen LogP contribution in [-0.2, 0) is 0 Å². The van der Waals surface area contributed by atoms with Crippen molar-refractivity contribution >= 4 is 5.84 Å². The first-order valence-electron chi connectivity index (χ1n) is 4.92. The van der Waals surface area contributed by atoms with E-state index in [-0.39, 0.29) is 0 Å². The quantitative estimate of drug-likeness (QED) is 0.249. The Morgan fingerprint density at radius 2 is 2.38 bits per heavy atom. The Kier molecular flexibility index (Phi) is 4.02. The summed E-state index contributed by atoms with van der Waals surface area (Å²) in [5.74, 6) is 1.26. The average Bonchev–Trinajstić information content (AvgIpc) is 2.88. The molecule has 1 fully saturated rings. The van der Waals surface area contributed by atoms with Crippen LogP contribution in [0.2, 0.25) is 0 Å². The fraction of sp³-hybridized carbons (Fsp3) is 0.889. The van der Waals surface area contributed by atoms with Gasteiger partial charge in [-0.25, -0.2) is 0 Å². The summed E-state index contributed by atoms with van der Waals surface area (Å²) in [6.07, 6.45) is 4.67. The number of hydrogen-bond acceptors (Lipinski definition) is 3. The summed E-state index contributed by atoms with van der Waals surface area (Å²) in [4.78, 5) is 0. The molecule has 0 radical (unpaired) electrons. The number of hydrogen-bond donors (Lipinski definition) is 3. The summed E-state index contributed by atoms with van der Waals surface area (Å²) in [5, 5.41) is 14.6. The van der Waals surface area contributed by atoms with Crippen LogP contribution in [0.15, 0.2) is 5.16 Å². The Labute approximate surface area is 79.2 Å². The molecule has 0 spiro atoms. The van der Waals surface area contributed by atoms with Gasteiger partial charge in [-0.2, -0.15) is 0 Å². The average molecular weight is 185 g/mol. The van der Waals surface area contributed by atoms with Crippen molar-refractivity contribution in [3.8, 4) is 0 Å². The second kappa shape index (κ2) is 5.07. The fourth-order valence-electron chi connectivity index (χ4n) is 1.37. The number of amidine groups is 1. The lowest BCUT2D eigenvalue weighted by Crippen LogP contribution is -2.31. The SMILES string of the molecule is CC(CC(N)=NO)NCCC1CC1. The molecular weight excluding hydrogens is 166 g/mol. The second-order valence-corrected chi connectivity index (χ2v) is 3.88. The molecule has 0 bridgehead atoms. The van der Waals surface area contributed by atoms with E-state index < -0.39 is 0 Å². The molecule has 1 aliphatic carbocycles. The Morgan fingerprint density at radius 1 is 1.69 bits per heavy atom. The monoisotopic (exact) mass is 185 g/mol. The molecule has 0 aromatic heterocycles. The third kappa shape index (κ3) is 4.72. The van der Waals surface area contributed by atoms with Crippen molar-refractivity contribution in [1.29, 1.82) is 0 Å². The first-order chi connectivity index (χ1) is 6.22. The van der Waals surface area contributed by atoms with E-state index in [1.54, 1.807) is 0 Å². The maximum Gasteiger partial charge on any atom is 0.140 e. The predicted octanol–water partition coefficient (Wildman–Crippen LogP) is 0.901. The topological polar surface area (TPSA) is 70.6 Å². The molecule has 0 amide bonds. The molecule has 1 atom stereocenters. The van der Waals surface area contributed by atoms with Gasteiger partial charge in [0.1, 0.15) is 5.84 Å². The highest BCUT2D eigenvalue weighted by atomic mass is 16.4. The van der Waals surface area contributed by atoms with Crippen LogP contribution in [0.1, 0.15) is 32.6 Å². The van der Waals surface area contributed by atoms with E-state index in [1.807, 2.05) is 6.92 Å². The van der Waals surface area contributed by atoms with Crippen LogP contribution in [0.25, 0.3) is 0 Å². The van der Waals surface area contributed by atoms with Crippen molar-refractivity contribution in [2.45, 2.75) is 38.6 Å². The Hall–Kier alpha value is -0.770. The van der Waals surface area contributed by atoms with Crippen LogP contribution in [0.3, 0.4) is 0 Å². The van der Waals surface area contributed by atoms with Gasteiger partial charge in [-0.05, 0) is 25.8 Å². The zero-order chi connectivity index (χ0) is 9.68. The van der Waals surface area contributed by atoms with E-state index in [0.29, 0.717) is 18.3 Å². The fourth-order valence-corrected chi connectivity index (χ4v) is 1.37. The zero-order valence-electron chi connectivity index (χ0n) is 8.16. The van der Waals surface area contributed by atoms with E-state index in [0.717, 1.165) is 12.5 Å². The molecule has 4 nitrogen and oxygen atoms in total. The minimum absolute atomic E-state index is 0.298. The lowest BCUT2D eigenvalue weighted by molar-refractivity contribution is 0.315. The molecule has 1 aliphatic rings. The summed E-state index contributed by atoms with van der Waals surface area (Å²) < 4.78 is 0. The van der Waals surface area contributed by atoms with Crippen LogP contribution in [0.5, 0.6) is 0 Å². The summed E-state index contributed by atoms with van der Waals surface area (Å²) >= 11 is 0. The number of nitrogens with two attached hydrogens (primary N) is 1. The minimum atomic E-state index is 0.298. The molecule has 0 aromatic rings. The Morgan fingerprint density at radius 3 is 2.92 bits per heavy atom. The summed E-state index contributed by atoms with van der Waals surface area (Å²) in [5.41, 5.74) is 5.38. The van der Waals surface area contributed by atoms with Crippen molar-refractivity contribution in [2.24, 2.45) is 16.8 Å². The molecular formula is C9H19N3O. The van der Waals surface area contributed by atoms with E-state index in [9.17, 15) is 0 Å². The smallest absolute Gasteiger partial charge is 0.140 e. The molecule has 4 N–H and O–H groups in total. The van der Waals surface area contributed by atoms with Gasteiger partial charge in [0.15, 0.2) is 0 Å². The van der Waals surface area contributed by atoms with Crippen molar-refractivity contribution in [3.05, 3.63) is 0 Å². The number of oxime groups is 1. The van der Waals surface area contributed by atoms with Gasteiger partial charge in [0.05, 0.1) is 0 Å². The van der Waals surface area contributed by atoms with E-state index >= 15 is 0 Å². The maximum absolute atomic E-state index is 8.34. The third-order valence-electron chi connectivity index (χ3n) is 2.39. The number of nitrogens with one attached hydrogen (secondary N) is 1. The number of nitrogens with zero attached hydrogens (tertiary/aromatic N) is 1. The van der Waals surface area contributed by atoms with Gasteiger partial charge in [-0.15, -0.1) is 0 Å². The normalized spacial score (nSPS) is 20.2. The molecule has 0 aliphatic heterocycles. The molecule has 0 heterocycles. The van der Waals surface area contributed by atoms with Gasteiger partial charge < -0.3 is 16.3 Å². The standard InChI is InChI=1S/C9H19N3O/c1-7(6-9(10)12-13)11-5-4-8-2-3-8/h7-8,11,13H,2-6H2,1H3,(H2,10,12). The summed E-state index contributed by atoms with van der Waals surface area (Å²) in [6, 6.07) is 0.301. The Balaban J connectivity index is 1.99. The lowest BCUT2D eigenvalue weighted by atomic mass is 10.2. The van der Waals surface area contributed by atoms with Crippen molar-refractivity contribution in [1.82, 2.24) is 5.32 Å². The van der Waals surface area contributed by atoms with E-state index in [4.69, 9.17) is 10.9 Å². The molecule has 1 rings (SSSR count). The van der Waals surface area contributed by atoms with Gasteiger partial charge >= 0.3 is 0 Å². The maximum atomic E-state index is 8.34. The molecule has 1 saturated carbocycles. The molecule has 1 unspecified atom stereocenters. The molecule has 4 heteroatoms. The molecule has 0 aromatic carbocycles. The number of rotatable bonds is 6. The van der Waals surface area contributed by atoms with Crippen LogP contribution >= 0.6 is 0 Å². The summed E-state index contributed by atoms with van der Waals surface area (Å²) in [7, 11) is 0. The highest BCUT2D eigenvalue weighted by molar-refractivity contribution is 5.80. The van der Waals surface area contributed by atoms with Gasteiger partial charge in [0.25, 0.3) is 0 Å². The van der Waals surface area contributed by atoms with Crippen molar-refractivity contribution < 1.29 is 5.21 Å². The second-order valence-electron chi connectivity index (χ2n) is 3.88. The van der Waals surface area contributed by atoms with Crippen LogP contribution < -0.4 is 11.1 Å². The van der Waals surface area contributed by atoms with Gasteiger partial charge in [-0.1, -0.05) is 18.0 Å².